The first-order valence-corrected chi connectivity index (χ1v) is 9.79. The Morgan fingerprint density at radius 2 is 1.52 bits per heavy atom. The smallest absolute Gasteiger partial charge is 0.373 e. The fourth-order valence-electron chi connectivity index (χ4n) is 2.87. The van der Waals surface area contributed by atoms with Gasteiger partial charge in [0.05, 0.1) is 7.11 Å². The molecule has 2 rings (SSSR count). The summed E-state index contributed by atoms with van der Waals surface area (Å²) in [5.41, 5.74) is 1.89. The molecule has 164 valence electrons. The number of benzene rings is 2. The van der Waals surface area contributed by atoms with Gasteiger partial charge in [-0.25, -0.2) is 9.59 Å². The maximum atomic E-state index is 11.4. The van der Waals surface area contributed by atoms with Crippen LogP contribution in [-0.4, -0.2) is 31.8 Å². The number of methoxy groups -OCH3 is 1. The zero-order valence-electron chi connectivity index (χ0n) is 18.3. The minimum absolute atomic E-state index is 0.0707. The van der Waals surface area contributed by atoms with Gasteiger partial charge >= 0.3 is 11.9 Å². The van der Waals surface area contributed by atoms with Crippen LogP contribution in [-0.2, 0) is 24.5 Å². The van der Waals surface area contributed by atoms with Gasteiger partial charge in [0.25, 0.3) is 0 Å². The SMILES string of the molecule is C=CC(=O)OC(C)COc1ccc(C(C)(C)c2ccc(OC(=C)C(=O)OC)cc2)cc1. The fraction of sp³-hybridized carbons (Fsp3) is 0.280. The lowest BCUT2D eigenvalue weighted by Crippen LogP contribution is -2.21. The molecule has 2 aromatic rings. The molecular weight excluding hydrogens is 396 g/mol. The number of carbonyl (C=O) groups excluding carboxylic acids is 2. The van der Waals surface area contributed by atoms with Crippen molar-refractivity contribution in [3.05, 3.63) is 84.7 Å². The lowest BCUT2D eigenvalue weighted by molar-refractivity contribution is -0.143. The molecule has 0 radical (unpaired) electrons. The van der Waals surface area contributed by atoms with Crippen molar-refractivity contribution in [1.82, 2.24) is 0 Å². The molecule has 0 aliphatic carbocycles. The molecule has 0 aliphatic heterocycles. The Labute approximate surface area is 183 Å². The Hall–Kier alpha value is -3.54. The predicted octanol–water partition coefficient (Wildman–Crippen LogP) is 4.57. The van der Waals surface area contributed by atoms with Gasteiger partial charge in [0, 0.05) is 11.5 Å². The average Bonchev–Trinajstić information content (AvgIpc) is 2.77. The molecule has 0 spiro atoms. The van der Waals surface area contributed by atoms with Gasteiger partial charge in [-0.05, 0) is 48.9 Å². The molecule has 0 aromatic heterocycles. The van der Waals surface area contributed by atoms with Crippen LogP contribution in [0.4, 0.5) is 0 Å². The summed E-state index contributed by atoms with van der Waals surface area (Å²) in [6, 6.07) is 15.2. The highest BCUT2D eigenvalue weighted by Gasteiger charge is 2.23. The monoisotopic (exact) mass is 424 g/mol. The van der Waals surface area contributed by atoms with Crippen molar-refractivity contribution in [2.24, 2.45) is 0 Å². The summed E-state index contributed by atoms with van der Waals surface area (Å²) in [7, 11) is 1.27. The van der Waals surface area contributed by atoms with E-state index in [9.17, 15) is 9.59 Å². The number of ether oxygens (including phenoxy) is 4. The fourth-order valence-corrected chi connectivity index (χ4v) is 2.87. The van der Waals surface area contributed by atoms with E-state index in [0.717, 1.165) is 17.2 Å². The molecule has 6 heteroatoms. The molecule has 0 amide bonds. The van der Waals surface area contributed by atoms with Crippen molar-refractivity contribution >= 4 is 11.9 Å². The van der Waals surface area contributed by atoms with Gasteiger partial charge in [0.2, 0.25) is 5.76 Å². The van der Waals surface area contributed by atoms with Crippen molar-refractivity contribution in [2.45, 2.75) is 32.3 Å². The molecule has 1 atom stereocenters. The van der Waals surface area contributed by atoms with E-state index in [-0.39, 0.29) is 23.9 Å². The molecule has 0 saturated heterocycles. The molecular formula is C25H28O6. The number of hydrogen-bond donors (Lipinski definition) is 0. The quantitative estimate of drug-likeness (QED) is 0.316. The summed E-state index contributed by atoms with van der Waals surface area (Å²) >= 11 is 0. The molecule has 1 unspecified atom stereocenters. The van der Waals surface area contributed by atoms with Crippen molar-refractivity contribution in [3.63, 3.8) is 0 Å². The second-order valence-corrected chi connectivity index (χ2v) is 7.45. The maximum Gasteiger partial charge on any atom is 0.373 e. The molecule has 0 fully saturated rings. The lowest BCUT2D eigenvalue weighted by atomic mass is 9.78. The summed E-state index contributed by atoms with van der Waals surface area (Å²) in [6.07, 6.45) is 0.749. The standard InChI is InChI=1S/C25H28O6/c1-7-23(26)30-17(2)16-29-21-12-8-19(9-13-21)25(4,5)20-10-14-22(15-11-20)31-18(3)24(27)28-6/h7-15,17H,1,3,16H2,2,4-6H3. The van der Waals surface area contributed by atoms with E-state index < -0.39 is 11.9 Å². The number of carbonyl (C=O) groups is 2. The first kappa shape index (κ1) is 23.7. The number of hydrogen-bond acceptors (Lipinski definition) is 6. The van der Waals surface area contributed by atoms with E-state index in [1.807, 2.05) is 36.4 Å². The Bertz CT molecular complexity index is 925. The third kappa shape index (κ3) is 6.47. The van der Waals surface area contributed by atoms with Crippen LogP contribution < -0.4 is 9.47 Å². The van der Waals surface area contributed by atoms with Crippen molar-refractivity contribution in [1.29, 1.82) is 0 Å². The summed E-state index contributed by atoms with van der Waals surface area (Å²) in [6.45, 7) is 13.2. The van der Waals surface area contributed by atoms with Crippen LogP contribution in [0.3, 0.4) is 0 Å². The summed E-state index contributed by atoms with van der Waals surface area (Å²) < 4.78 is 20.8. The third-order valence-electron chi connectivity index (χ3n) is 4.77. The lowest BCUT2D eigenvalue weighted by Gasteiger charge is -2.26. The van der Waals surface area contributed by atoms with Crippen LogP contribution in [0.1, 0.15) is 31.9 Å². The molecule has 0 N–H and O–H groups in total. The summed E-state index contributed by atoms with van der Waals surface area (Å²) in [4.78, 5) is 22.6. The normalized spacial score (nSPS) is 11.7. The number of esters is 2. The molecule has 0 bridgehead atoms. The zero-order chi connectivity index (χ0) is 23.0. The highest BCUT2D eigenvalue weighted by atomic mass is 16.6. The minimum Gasteiger partial charge on any atom is -0.490 e. The van der Waals surface area contributed by atoms with E-state index in [0.29, 0.717) is 11.5 Å². The van der Waals surface area contributed by atoms with Gasteiger partial charge in [0.15, 0.2) is 0 Å². The largest absolute Gasteiger partial charge is 0.490 e. The predicted molar refractivity (Wildman–Crippen MR) is 118 cm³/mol. The van der Waals surface area contributed by atoms with Crippen molar-refractivity contribution in [3.8, 4) is 11.5 Å². The molecule has 2 aromatic carbocycles. The van der Waals surface area contributed by atoms with E-state index in [1.54, 1.807) is 19.1 Å². The van der Waals surface area contributed by atoms with Gasteiger partial charge in [-0.15, -0.1) is 0 Å². The third-order valence-corrected chi connectivity index (χ3v) is 4.77. The average molecular weight is 424 g/mol. The first-order valence-electron chi connectivity index (χ1n) is 9.79. The van der Waals surface area contributed by atoms with Gasteiger partial charge in [-0.2, -0.15) is 0 Å². The summed E-state index contributed by atoms with van der Waals surface area (Å²) in [5.74, 6) is 0.0361. The van der Waals surface area contributed by atoms with Crippen molar-refractivity contribution < 1.29 is 28.5 Å². The Morgan fingerprint density at radius 1 is 1.00 bits per heavy atom. The molecule has 0 saturated carbocycles. The molecule has 0 aliphatic rings. The van der Waals surface area contributed by atoms with E-state index in [2.05, 4.69) is 31.7 Å². The Balaban J connectivity index is 2.03. The van der Waals surface area contributed by atoms with Crippen LogP contribution in [0, 0.1) is 0 Å². The Kier molecular flexibility index (Phi) is 8.02. The van der Waals surface area contributed by atoms with Crippen LogP contribution in [0.5, 0.6) is 11.5 Å². The maximum absolute atomic E-state index is 11.4. The van der Waals surface area contributed by atoms with Gasteiger partial charge in [-0.3, -0.25) is 0 Å². The molecule has 31 heavy (non-hydrogen) atoms. The van der Waals surface area contributed by atoms with Crippen molar-refractivity contribution in [2.75, 3.05) is 13.7 Å². The minimum atomic E-state index is -0.611. The van der Waals surface area contributed by atoms with Crippen LogP contribution in [0.2, 0.25) is 0 Å². The van der Waals surface area contributed by atoms with Gasteiger partial charge < -0.3 is 18.9 Å². The zero-order valence-corrected chi connectivity index (χ0v) is 18.3. The highest BCUT2D eigenvalue weighted by molar-refractivity contribution is 5.85. The van der Waals surface area contributed by atoms with E-state index in [1.165, 1.54) is 7.11 Å². The first-order chi connectivity index (χ1) is 14.7. The van der Waals surface area contributed by atoms with Crippen LogP contribution >= 0.6 is 0 Å². The van der Waals surface area contributed by atoms with Crippen LogP contribution in [0.25, 0.3) is 0 Å². The summed E-state index contributed by atoms with van der Waals surface area (Å²) in [5, 5.41) is 0. The second-order valence-electron chi connectivity index (χ2n) is 7.45. The van der Waals surface area contributed by atoms with E-state index in [4.69, 9.17) is 14.2 Å². The molecule has 0 heterocycles. The topological polar surface area (TPSA) is 71.1 Å². The Morgan fingerprint density at radius 3 is 2.00 bits per heavy atom. The van der Waals surface area contributed by atoms with Crippen LogP contribution in [0.15, 0.2) is 73.5 Å². The van der Waals surface area contributed by atoms with Gasteiger partial charge in [0.1, 0.15) is 24.2 Å². The second kappa shape index (κ2) is 10.5. The van der Waals surface area contributed by atoms with E-state index >= 15 is 0 Å². The van der Waals surface area contributed by atoms with Gasteiger partial charge in [-0.1, -0.05) is 44.7 Å². The molecule has 6 nitrogen and oxygen atoms in total. The number of rotatable bonds is 10. The highest BCUT2D eigenvalue weighted by Crippen LogP contribution is 2.33.